The molecule has 0 fully saturated rings. The lowest BCUT2D eigenvalue weighted by molar-refractivity contribution is -0.304. The monoisotopic (exact) mass is 616 g/mol. The summed E-state index contributed by atoms with van der Waals surface area (Å²) in [5.41, 5.74) is -0.791. The van der Waals surface area contributed by atoms with Gasteiger partial charge >= 0.3 is 12.5 Å². The Morgan fingerprint density at radius 2 is 1.23 bits per heavy atom. The third-order valence-electron chi connectivity index (χ3n) is 5.70. The van der Waals surface area contributed by atoms with Crippen LogP contribution in [0.25, 0.3) is 0 Å². The second-order valence-corrected chi connectivity index (χ2v) is 9.66. The first-order chi connectivity index (χ1) is 19.5. The predicted octanol–water partition coefficient (Wildman–Crippen LogP) is 11.5. The summed E-state index contributed by atoms with van der Waals surface area (Å²) < 4.78 is 116. The minimum atomic E-state index is -5.16. The Labute approximate surface area is 248 Å². The number of halogens is 8. The Kier molecular flexibility index (Phi) is 15.1. The molecule has 0 aliphatic heterocycles. The van der Waals surface area contributed by atoms with E-state index in [0.29, 0.717) is 18.1 Å². The Hall–Kier alpha value is -3.92. The summed E-state index contributed by atoms with van der Waals surface area (Å²) in [4.78, 5) is 0. The van der Waals surface area contributed by atoms with Gasteiger partial charge < -0.3 is 9.47 Å². The van der Waals surface area contributed by atoms with E-state index in [1.54, 1.807) is 13.0 Å². The molecule has 0 aliphatic rings. The molecule has 0 radical (unpaired) electrons. The van der Waals surface area contributed by atoms with Crippen LogP contribution in [0.5, 0.6) is 0 Å². The number of rotatable bonds is 18. The van der Waals surface area contributed by atoms with Gasteiger partial charge in [0.2, 0.25) is 0 Å². The molecule has 0 saturated heterocycles. The van der Waals surface area contributed by atoms with Crippen LogP contribution in [-0.4, -0.2) is 18.6 Å². The van der Waals surface area contributed by atoms with Crippen molar-refractivity contribution in [1.82, 2.24) is 0 Å². The summed E-state index contributed by atoms with van der Waals surface area (Å²) in [7, 11) is 0. The topological polar surface area (TPSA) is 18.5 Å². The molecule has 2 nitrogen and oxygen atoms in total. The highest BCUT2D eigenvalue weighted by Gasteiger charge is 2.38. The third-order valence-corrected chi connectivity index (χ3v) is 5.70. The van der Waals surface area contributed by atoms with E-state index < -0.39 is 53.0 Å². The lowest BCUT2D eigenvalue weighted by atomic mass is 9.94. The molecule has 236 valence electrons. The summed E-state index contributed by atoms with van der Waals surface area (Å²) in [5.74, 6) is -5.30. The van der Waals surface area contributed by atoms with Gasteiger partial charge in [-0.15, -0.1) is 13.2 Å². The molecule has 0 aliphatic carbocycles. The highest BCUT2D eigenvalue weighted by atomic mass is 19.4. The molecule has 0 bridgehead atoms. The minimum absolute atomic E-state index is 0.0785. The molecular formula is C33H36F8O2. The maximum Gasteiger partial charge on any atom is 0.573 e. The maximum atomic E-state index is 14.6. The van der Waals surface area contributed by atoms with Crippen molar-refractivity contribution in [2.45, 2.75) is 52.2 Å². The van der Waals surface area contributed by atoms with E-state index in [0.717, 1.165) is 12.2 Å². The molecule has 0 saturated carbocycles. The van der Waals surface area contributed by atoms with Crippen molar-refractivity contribution in [2.75, 3.05) is 0 Å². The number of ether oxygens (including phenoxy) is 2. The SMILES string of the molecule is C=C(C)/C=C(/F)C(=C)C(F)(F)OC(C)CCC(C)C(=C)/C=C\C(=C)C(=C)/C=C(/F)C(=C)C(=C)C=C(F)C(=C)OC(F)(F)F. The van der Waals surface area contributed by atoms with E-state index in [-0.39, 0.29) is 34.6 Å². The summed E-state index contributed by atoms with van der Waals surface area (Å²) in [6.07, 6.45) is -4.19. The van der Waals surface area contributed by atoms with E-state index in [1.165, 1.54) is 19.9 Å². The average molecular weight is 617 g/mol. The Balaban J connectivity index is 5.12. The first-order valence-electron chi connectivity index (χ1n) is 12.6. The normalized spacial score (nSPS) is 14.6. The Morgan fingerprint density at radius 3 is 1.74 bits per heavy atom. The largest absolute Gasteiger partial charge is 0.573 e. The standard InChI is InChI=1S/C33H36F8O2/c1-19(2)16-30(35)27(10)32(37,38)42-25(8)15-14-21(4)20(3)12-13-22(5)23(6)17-29(34)26(9)24(7)18-31(36)28(11)43-33(39,40)41/h12-13,16-18,21,25H,1,3,5-7,9-11,14-15H2,2,4,8H3/b13-12-,29-17+,30-16+,31-18?. The molecule has 2 unspecified atom stereocenters. The first-order valence-corrected chi connectivity index (χ1v) is 12.6. The quantitative estimate of drug-likeness (QED) is 0.0867. The average Bonchev–Trinajstić information content (AvgIpc) is 2.87. The number of hydrogen-bond acceptors (Lipinski definition) is 2. The molecule has 0 aromatic rings. The highest BCUT2D eigenvalue weighted by Crippen LogP contribution is 2.33. The van der Waals surface area contributed by atoms with Crippen LogP contribution in [0.15, 0.2) is 145 Å². The zero-order valence-corrected chi connectivity index (χ0v) is 24.5. The van der Waals surface area contributed by atoms with Crippen LogP contribution in [0, 0.1) is 5.92 Å². The molecule has 43 heavy (non-hydrogen) atoms. The van der Waals surface area contributed by atoms with Crippen molar-refractivity contribution >= 4 is 0 Å². The molecule has 0 N–H and O–H groups in total. The van der Waals surface area contributed by atoms with Gasteiger partial charge in [-0.1, -0.05) is 82.9 Å². The number of alkyl halides is 5. The molecule has 2 atom stereocenters. The summed E-state index contributed by atoms with van der Waals surface area (Å²) in [6, 6.07) is 0. The van der Waals surface area contributed by atoms with Crippen molar-refractivity contribution in [3.63, 3.8) is 0 Å². The van der Waals surface area contributed by atoms with Crippen LogP contribution >= 0.6 is 0 Å². The molecule has 10 heteroatoms. The molecule has 0 spiro atoms. The van der Waals surface area contributed by atoms with E-state index in [9.17, 15) is 35.1 Å². The molecule has 0 aromatic carbocycles. The molecular weight excluding hydrogens is 580 g/mol. The van der Waals surface area contributed by atoms with Crippen LogP contribution < -0.4 is 0 Å². The Bertz CT molecular complexity index is 1290. The van der Waals surface area contributed by atoms with E-state index in [2.05, 4.69) is 57.4 Å². The Morgan fingerprint density at radius 1 is 0.698 bits per heavy atom. The van der Waals surface area contributed by atoms with Gasteiger partial charge in [-0.25, -0.2) is 13.2 Å². The molecule has 0 aromatic heterocycles. The van der Waals surface area contributed by atoms with Gasteiger partial charge in [0, 0.05) is 5.57 Å². The fourth-order valence-electron chi connectivity index (χ4n) is 2.97. The van der Waals surface area contributed by atoms with Crippen molar-refractivity contribution in [3.8, 4) is 0 Å². The second-order valence-electron chi connectivity index (χ2n) is 9.66. The van der Waals surface area contributed by atoms with E-state index in [1.807, 2.05) is 0 Å². The van der Waals surface area contributed by atoms with Gasteiger partial charge in [0.05, 0.1) is 11.7 Å². The van der Waals surface area contributed by atoms with Gasteiger partial charge in [0.1, 0.15) is 11.7 Å². The van der Waals surface area contributed by atoms with Gasteiger partial charge in [0.25, 0.3) is 0 Å². The van der Waals surface area contributed by atoms with Crippen molar-refractivity contribution in [2.24, 2.45) is 5.92 Å². The van der Waals surface area contributed by atoms with E-state index in [4.69, 9.17) is 4.74 Å². The van der Waals surface area contributed by atoms with Crippen LogP contribution in [0.1, 0.15) is 33.6 Å². The van der Waals surface area contributed by atoms with Gasteiger partial charge in [0.15, 0.2) is 11.6 Å². The lowest BCUT2D eigenvalue weighted by Crippen LogP contribution is -2.29. The van der Waals surface area contributed by atoms with Crippen LogP contribution in [0.4, 0.5) is 35.1 Å². The zero-order chi connectivity index (χ0) is 33.9. The maximum absolute atomic E-state index is 14.6. The second kappa shape index (κ2) is 16.6. The number of hydrogen-bond donors (Lipinski definition) is 0. The van der Waals surface area contributed by atoms with Gasteiger partial charge in [-0.3, -0.25) is 0 Å². The smallest absolute Gasteiger partial charge is 0.403 e. The van der Waals surface area contributed by atoms with Crippen LogP contribution in [-0.2, 0) is 9.47 Å². The molecule has 0 heterocycles. The van der Waals surface area contributed by atoms with Gasteiger partial charge in [-0.2, -0.15) is 8.78 Å². The highest BCUT2D eigenvalue weighted by molar-refractivity contribution is 5.53. The summed E-state index contributed by atoms with van der Waals surface area (Å²) in [6.45, 7) is 32.1. The third kappa shape index (κ3) is 14.7. The zero-order valence-electron chi connectivity index (χ0n) is 24.5. The van der Waals surface area contributed by atoms with Crippen molar-refractivity contribution < 1.29 is 44.6 Å². The lowest BCUT2D eigenvalue weighted by Gasteiger charge is -2.24. The minimum Gasteiger partial charge on any atom is -0.403 e. The van der Waals surface area contributed by atoms with Gasteiger partial charge in [-0.05, 0) is 67.6 Å². The molecule has 0 amide bonds. The van der Waals surface area contributed by atoms with Crippen molar-refractivity contribution in [3.05, 3.63) is 145 Å². The summed E-state index contributed by atoms with van der Waals surface area (Å²) in [5, 5.41) is 0. The van der Waals surface area contributed by atoms with Crippen molar-refractivity contribution in [1.29, 1.82) is 0 Å². The fraction of sp³-hybridized carbons (Fsp3) is 0.273. The van der Waals surface area contributed by atoms with Crippen LogP contribution in [0.2, 0.25) is 0 Å². The van der Waals surface area contributed by atoms with E-state index >= 15 is 0 Å². The predicted molar refractivity (Wildman–Crippen MR) is 157 cm³/mol. The van der Waals surface area contributed by atoms with Crippen LogP contribution in [0.3, 0.4) is 0 Å². The first kappa shape index (κ1) is 39.1. The summed E-state index contributed by atoms with van der Waals surface area (Å²) >= 11 is 0. The fourth-order valence-corrected chi connectivity index (χ4v) is 2.97. The molecule has 0 rings (SSSR count). The number of allylic oxidation sites excluding steroid dienone is 13.